The molecule has 0 aromatic rings. The van der Waals surface area contributed by atoms with Gasteiger partial charge in [-0.15, -0.1) is 0 Å². The number of nitrogens with one attached hydrogen (secondary N) is 2. The van der Waals surface area contributed by atoms with Crippen molar-refractivity contribution in [1.82, 2.24) is 10.6 Å². The molecule has 2 bridgehead atoms. The standard InChI is InChI=1S/C10H20N2/c1-7(2)11-6-9-3-8-4-10(9)12-5-8/h7-12H,3-6H2,1-2H3. The predicted molar refractivity (Wildman–Crippen MR) is 51.1 cm³/mol. The molecule has 2 rings (SSSR count). The maximum Gasteiger partial charge on any atom is 0.0111 e. The second kappa shape index (κ2) is 3.35. The highest BCUT2D eigenvalue weighted by molar-refractivity contribution is 4.96. The lowest BCUT2D eigenvalue weighted by molar-refractivity contribution is 0.340. The first-order chi connectivity index (χ1) is 5.75. The minimum Gasteiger partial charge on any atom is -0.314 e. The Kier molecular flexibility index (Phi) is 2.37. The SMILES string of the molecule is CC(C)NCC1CC2CNC1C2. The Morgan fingerprint density at radius 1 is 1.42 bits per heavy atom. The maximum atomic E-state index is 3.59. The predicted octanol–water partition coefficient (Wildman–Crippen LogP) is 0.982. The molecule has 1 aliphatic heterocycles. The van der Waals surface area contributed by atoms with Crippen LogP contribution in [0.25, 0.3) is 0 Å². The van der Waals surface area contributed by atoms with E-state index in [-0.39, 0.29) is 0 Å². The van der Waals surface area contributed by atoms with Crippen LogP contribution in [0.4, 0.5) is 0 Å². The highest BCUT2D eigenvalue weighted by Gasteiger charge is 2.38. The normalized spacial score (nSPS) is 39.8. The second-order valence-electron chi connectivity index (χ2n) is 4.68. The van der Waals surface area contributed by atoms with Crippen LogP contribution in [-0.4, -0.2) is 25.2 Å². The fraction of sp³-hybridized carbons (Fsp3) is 1.00. The van der Waals surface area contributed by atoms with Crippen LogP contribution in [0.15, 0.2) is 0 Å². The van der Waals surface area contributed by atoms with Crippen molar-refractivity contribution in [2.45, 2.75) is 38.8 Å². The van der Waals surface area contributed by atoms with Gasteiger partial charge in [0.05, 0.1) is 0 Å². The number of hydrogen-bond donors (Lipinski definition) is 2. The van der Waals surface area contributed by atoms with Crippen molar-refractivity contribution in [2.24, 2.45) is 11.8 Å². The first-order valence-electron chi connectivity index (χ1n) is 5.22. The zero-order valence-electron chi connectivity index (χ0n) is 8.14. The lowest BCUT2D eigenvalue weighted by Gasteiger charge is -2.24. The largest absolute Gasteiger partial charge is 0.314 e. The van der Waals surface area contributed by atoms with Crippen molar-refractivity contribution >= 4 is 0 Å². The molecule has 0 amide bonds. The smallest absolute Gasteiger partial charge is 0.0111 e. The molecule has 12 heavy (non-hydrogen) atoms. The van der Waals surface area contributed by atoms with Crippen molar-refractivity contribution in [1.29, 1.82) is 0 Å². The van der Waals surface area contributed by atoms with E-state index < -0.39 is 0 Å². The van der Waals surface area contributed by atoms with Crippen LogP contribution in [0.2, 0.25) is 0 Å². The third kappa shape index (κ3) is 1.64. The van der Waals surface area contributed by atoms with E-state index in [0.29, 0.717) is 6.04 Å². The molecule has 1 saturated carbocycles. The third-order valence-corrected chi connectivity index (χ3v) is 3.25. The van der Waals surface area contributed by atoms with Crippen LogP contribution >= 0.6 is 0 Å². The number of piperidine rings is 1. The Morgan fingerprint density at radius 3 is 2.75 bits per heavy atom. The van der Waals surface area contributed by atoms with Gasteiger partial charge in [-0.1, -0.05) is 13.8 Å². The summed E-state index contributed by atoms with van der Waals surface area (Å²) in [7, 11) is 0. The van der Waals surface area contributed by atoms with Crippen LogP contribution in [0.1, 0.15) is 26.7 Å². The van der Waals surface area contributed by atoms with Crippen LogP contribution in [0, 0.1) is 11.8 Å². The number of rotatable bonds is 3. The molecule has 3 unspecified atom stereocenters. The van der Waals surface area contributed by atoms with E-state index in [9.17, 15) is 0 Å². The van der Waals surface area contributed by atoms with Gasteiger partial charge >= 0.3 is 0 Å². The van der Waals surface area contributed by atoms with Crippen molar-refractivity contribution in [3.8, 4) is 0 Å². The van der Waals surface area contributed by atoms with Crippen LogP contribution in [0.5, 0.6) is 0 Å². The first-order valence-corrected chi connectivity index (χ1v) is 5.22. The van der Waals surface area contributed by atoms with E-state index in [1.807, 2.05) is 0 Å². The fourth-order valence-electron chi connectivity index (χ4n) is 2.59. The van der Waals surface area contributed by atoms with Gasteiger partial charge < -0.3 is 10.6 Å². The molecule has 3 atom stereocenters. The molecule has 2 N–H and O–H groups in total. The van der Waals surface area contributed by atoms with Crippen LogP contribution in [-0.2, 0) is 0 Å². The fourth-order valence-corrected chi connectivity index (χ4v) is 2.59. The average Bonchev–Trinajstić information content (AvgIpc) is 2.60. The van der Waals surface area contributed by atoms with E-state index in [4.69, 9.17) is 0 Å². The summed E-state index contributed by atoms with van der Waals surface area (Å²) in [6, 6.07) is 1.48. The topological polar surface area (TPSA) is 24.1 Å². The van der Waals surface area contributed by atoms with Crippen molar-refractivity contribution in [3.05, 3.63) is 0 Å². The molecule has 0 aromatic heterocycles. The van der Waals surface area contributed by atoms with Gasteiger partial charge in [0.1, 0.15) is 0 Å². The highest BCUT2D eigenvalue weighted by Crippen LogP contribution is 2.35. The first kappa shape index (κ1) is 8.52. The molecule has 0 spiro atoms. The van der Waals surface area contributed by atoms with Gasteiger partial charge in [-0.2, -0.15) is 0 Å². The van der Waals surface area contributed by atoms with E-state index in [1.54, 1.807) is 0 Å². The lowest BCUT2D eigenvalue weighted by Crippen LogP contribution is -2.40. The molecule has 2 fully saturated rings. The van der Waals surface area contributed by atoms with Crippen molar-refractivity contribution in [3.63, 3.8) is 0 Å². The van der Waals surface area contributed by atoms with E-state index in [1.165, 1.54) is 25.9 Å². The van der Waals surface area contributed by atoms with E-state index in [2.05, 4.69) is 24.5 Å². The average molecular weight is 168 g/mol. The summed E-state index contributed by atoms with van der Waals surface area (Å²) in [6.07, 6.45) is 2.89. The summed E-state index contributed by atoms with van der Waals surface area (Å²) in [5, 5.41) is 7.12. The monoisotopic (exact) mass is 168 g/mol. The van der Waals surface area contributed by atoms with E-state index in [0.717, 1.165) is 17.9 Å². The van der Waals surface area contributed by atoms with Crippen molar-refractivity contribution < 1.29 is 0 Å². The summed E-state index contributed by atoms with van der Waals surface area (Å²) >= 11 is 0. The minimum absolute atomic E-state index is 0.643. The van der Waals surface area contributed by atoms with Gasteiger partial charge in [0.25, 0.3) is 0 Å². The third-order valence-electron chi connectivity index (χ3n) is 3.25. The summed E-state index contributed by atoms with van der Waals surface area (Å²) in [4.78, 5) is 0. The van der Waals surface area contributed by atoms with Crippen LogP contribution in [0.3, 0.4) is 0 Å². The van der Waals surface area contributed by atoms with Gasteiger partial charge in [0.2, 0.25) is 0 Å². The molecule has 2 nitrogen and oxygen atoms in total. The summed E-state index contributed by atoms with van der Waals surface area (Å²) in [5.74, 6) is 1.90. The summed E-state index contributed by atoms with van der Waals surface area (Å²) < 4.78 is 0. The van der Waals surface area contributed by atoms with Crippen molar-refractivity contribution in [2.75, 3.05) is 13.1 Å². The van der Waals surface area contributed by atoms with Gasteiger partial charge in [0, 0.05) is 12.1 Å². The quantitative estimate of drug-likeness (QED) is 0.656. The van der Waals surface area contributed by atoms with Gasteiger partial charge in [-0.05, 0) is 37.8 Å². The molecule has 1 heterocycles. The van der Waals surface area contributed by atoms with E-state index >= 15 is 0 Å². The van der Waals surface area contributed by atoms with Gasteiger partial charge in [-0.3, -0.25) is 0 Å². The molecule has 2 aliphatic rings. The zero-order valence-corrected chi connectivity index (χ0v) is 8.14. The molecular formula is C10H20N2. The Hall–Kier alpha value is -0.0800. The molecule has 1 saturated heterocycles. The molecule has 0 aromatic carbocycles. The summed E-state index contributed by atoms with van der Waals surface area (Å²) in [5.41, 5.74) is 0. The van der Waals surface area contributed by atoms with Gasteiger partial charge in [0.15, 0.2) is 0 Å². The Bertz CT molecular complexity index is 156. The zero-order chi connectivity index (χ0) is 8.55. The Balaban J connectivity index is 1.76. The van der Waals surface area contributed by atoms with Crippen LogP contribution < -0.4 is 10.6 Å². The lowest BCUT2D eigenvalue weighted by atomic mass is 9.99. The Morgan fingerprint density at radius 2 is 2.25 bits per heavy atom. The Labute approximate surface area is 75.1 Å². The summed E-state index contributed by atoms with van der Waals surface area (Å²) in [6.45, 7) is 6.94. The van der Waals surface area contributed by atoms with Gasteiger partial charge in [-0.25, -0.2) is 0 Å². The molecule has 2 heteroatoms. The number of hydrogen-bond acceptors (Lipinski definition) is 2. The molecular weight excluding hydrogens is 148 g/mol. The maximum absolute atomic E-state index is 3.59. The molecule has 0 radical (unpaired) electrons. The molecule has 1 aliphatic carbocycles. The number of fused-ring (bicyclic) bond motifs is 2. The second-order valence-corrected chi connectivity index (χ2v) is 4.68. The highest BCUT2D eigenvalue weighted by atomic mass is 15.0. The molecule has 70 valence electrons. The minimum atomic E-state index is 0.643.